The van der Waals surface area contributed by atoms with Crippen LogP contribution < -0.4 is 10.2 Å². The maximum Gasteiger partial charge on any atom is 0.222 e. The Labute approximate surface area is 117 Å². The Bertz CT molecular complexity index is 602. The van der Waals surface area contributed by atoms with Crippen molar-refractivity contribution in [3.8, 4) is 6.07 Å². The minimum Gasteiger partial charge on any atom is -0.369 e. The van der Waals surface area contributed by atoms with Crippen molar-refractivity contribution in [1.82, 2.24) is 9.97 Å². The lowest BCUT2D eigenvalue weighted by molar-refractivity contribution is 0.792. The summed E-state index contributed by atoms with van der Waals surface area (Å²) in [4.78, 5) is 10.7. The van der Waals surface area contributed by atoms with Crippen LogP contribution in [0.4, 0.5) is 11.6 Å². The number of hydrogen-bond donors (Lipinski definition) is 1. The summed E-state index contributed by atoms with van der Waals surface area (Å²) in [7, 11) is 0. The van der Waals surface area contributed by atoms with Crippen LogP contribution in [0.2, 0.25) is 0 Å². The second-order valence-electron chi connectivity index (χ2n) is 4.81. The van der Waals surface area contributed by atoms with Crippen LogP contribution >= 0.6 is 0 Å². The number of nitrogens with one attached hydrogen (secondary N) is 1. The first-order valence-corrected chi connectivity index (χ1v) is 6.64. The van der Waals surface area contributed by atoms with Crippen LogP contribution in [0.15, 0.2) is 42.7 Å². The van der Waals surface area contributed by atoms with E-state index in [0.29, 0.717) is 17.6 Å². The van der Waals surface area contributed by atoms with Crippen LogP contribution in [0, 0.1) is 11.3 Å². The Kier molecular flexibility index (Phi) is 3.46. The van der Waals surface area contributed by atoms with Crippen LogP contribution in [0.3, 0.4) is 0 Å². The van der Waals surface area contributed by atoms with Gasteiger partial charge >= 0.3 is 0 Å². The van der Waals surface area contributed by atoms with Gasteiger partial charge in [-0.3, -0.25) is 0 Å². The second-order valence-corrected chi connectivity index (χ2v) is 4.81. The van der Waals surface area contributed by atoms with E-state index in [-0.39, 0.29) is 0 Å². The van der Waals surface area contributed by atoms with Crippen molar-refractivity contribution in [3.05, 3.63) is 48.3 Å². The van der Waals surface area contributed by atoms with Gasteiger partial charge in [-0.2, -0.15) is 5.26 Å². The molecule has 2 heterocycles. The normalized spacial score (nSPS) is 17.8. The van der Waals surface area contributed by atoms with Crippen molar-refractivity contribution < 1.29 is 0 Å². The number of rotatable bonds is 3. The molecule has 100 valence electrons. The molecule has 1 N–H and O–H groups in total. The van der Waals surface area contributed by atoms with Gasteiger partial charge in [0, 0.05) is 37.2 Å². The van der Waals surface area contributed by atoms with Gasteiger partial charge in [0.25, 0.3) is 0 Å². The molecule has 1 unspecified atom stereocenters. The molecule has 1 atom stereocenters. The monoisotopic (exact) mass is 265 g/mol. The van der Waals surface area contributed by atoms with Gasteiger partial charge in [-0.15, -0.1) is 0 Å². The van der Waals surface area contributed by atoms with Crippen molar-refractivity contribution in [1.29, 1.82) is 5.26 Å². The lowest BCUT2D eigenvalue weighted by Gasteiger charge is -2.19. The van der Waals surface area contributed by atoms with Gasteiger partial charge in [0.1, 0.15) is 0 Å². The van der Waals surface area contributed by atoms with Crippen LogP contribution in [-0.2, 0) is 0 Å². The standard InChI is InChI=1S/C15H15N5/c16-10-12-2-4-14(5-3-12)20-9-6-13(11-20)19-15-17-7-1-8-18-15/h1-5,7-8,13H,6,9,11H2,(H,17,18,19). The molecule has 0 amide bonds. The highest BCUT2D eigenvalue weighted by molar-refractivity contribution is 5.51. The molecule has 0 spiro atoms. The number of benzene rings is 1. The molecule has 0 aliphatic carbocycles. The molecule has 0 bridgehead atoms. The summed E-state index contributed by atoms with van der Waals surface area (Å²) in [5.74, 6) is 0.680. The first-order chi connectivity index (χ1) is 9.85. The van der Waals surface area contributed by atoms with E-state index in [0.717, 1.165) is 25.2 Å². The van der Waals surface area contributed by atoms with Crippen LogP contribution in [0.1, 0.15) is 12.0 Å². The Balaban J connectivity index is 1.63. The van der Waals surface area contributed by atoms with Crippen LogP contribution in [-0.4, -0.2) is 29.1 Å². The first-order valence-electron chi connectivity index (χ1n) is 6.64. The fourth-order valence-corrected chi connectivity index (χ4v) is 2.42. The molecule has 5 heteroatoms. The van der Waals surface area contributed by atoms with E-state index < -0.39 is 0 Å². The van der Waals surface area contributed by atoms with Crippen molar-refractivity contribution >= 4 is 11.6 Å². The van der Waals surface area contributed by atoms with Crippen molar-refractivity contribution in [2.75, 3.05) is 23.3 Å². The third-order valence-corrected chi connectivity index (χ3v) is 3.45. The first kappa shape index (κ1) is 12.4. The molecule has 0 radical (unpaired) electrons. The van der Waals surface area contributed by atoms with Gasteiger partial charge in [-0.1, -0.05) is 0 Å². The number of hydrogen-bond acceptors (Lipinski definition) is 5. The Morgan fingerprint density at radius 3 is 2.65 bits per heavy atom. The number of anilines is 2. The van der Waals surface area contributed by atoms with Gasteiger partial charge in [-0.25, -0.2) is 9.97 Å². The van der Waals surface area contributed by atoms with Gasteiger partial charge in [0.05, 0.1) is 11.6 Å². The summed E-state index contributed by atoms with van der Waals surface area (Å²) in [5.41, 5.74) is 1.85. The van der Waals surface area contributed by atoms with Crippen LogP contribution in [0.5, 0.6) is 0 Å². The van der Waals surface area contributed by atoms with Crippen molar-refractivity contribution in [2.24, 2.45) is 0 Å². The third-order valence-electron chi connectivity index (χ3n) is 3.45. The van der Waals surface area contributed by atoms with E-state index in [9.17, 15) is 0 Å². The molecular formula is C15H15N5. The molecule has 1 aliphatic rings. The molecule has 1 aliphatic heterocycles. The maximum atomic E-state index is 8.81. The van der Waals surface area contributed by atoms with E-state index in [4.69, 9.17) is 5.26 Å². The van der Waals surface area contributed by atoms with E-state index in [1.54, 1.807) is 12.4 Å². The fraction of sp³-hybridized carbons (Fsp3) is 0.267. The topological polar surface area (TPSA) is 64.8 Å². The summed E-state index contributed by atoms with van der Waals surface area (Å²) in [5, 5.41) is 12.2. The van der Waals surface area contributed by atoms with E-state index in [1.165, 1.54) is 0 Å². The summed E-state index contributed by atoms with van der Waals surface area (Å²) >= 11 is 0. The van der Waals surface area contributed by atoms with Crippen LogP contribution in [0.25, 0.3) is 0 Å². The smallest absolute Gasteiger partial charge is 0.222 e. The van der Waals surface area contributed by atoms with Crippen molar-refractivity contribution in [3.63, 3.8) is 0 Å². The molecule has 0 saturated carbocycles. The minimum atomic E-state index is 0.355. The predicted molar refractivity (Wildman–Crippen MR) is 77.4 cm³/mol. The van der Waals surface area contributed by atoms with Gasteiger partial charge < -0.3 is 10.2 Å². The molecule has 1 fully saturated rings. The van der Waals surface area contributed by atoms with Crippen molar-refractivity contribution in [2.45, 2.75) is 12.5 Å². The largest absolute Gasteiger partial charge is 0.369 e. The summed E-state index contributed by atoms with van der Waals surface area (Å²) in [6.07, 6.45) is 4.53. The van der Waals surface area contributed by atoms with E-state index in [1.807, 2.05) is 30.3 Å². The third kappa shape index (κ3) is 2.69. The summed E-state index contributed by atoms with van der Waals surface area (Å²) < 4.78 is 0. The zero-order valence-electron chi connectivity index (χ0n) is 11.0. The number of aromatic nitrogens is 2. The second kappa shape index (κ2) is 5.57. The average molecular weight is 265 g/mol. The summed E-state index contributed by atoms with van der Waals surface area (Å²) in [6, 6.07) is 12.0. The molecule has 1 saturated heterocycles. The zero-order chi connectivity index (χ0) is 13.8. The predicted octanol–water partition coefficient (Wildman–Crippen LogP) is 2.04. The Hall–Kier alpha value is -2.61. The van der Waals surface area contributed by atoms with Gasteiger partial charge in [-0.05, 0) is 36.8 Å². The maximum absolute atomic E-state index is 8.81. The Morgan fingerprint density at radius 2 is 1.95 bits per heavy atom. The lowest BCUT2D eigenvalue weighted by atomic mass is 10.2. The highest BCUT2D eigenvalue weighted by Gasteiger charge is 2.23. The molecule has 5 nitrogen and oxygen atoms in total. The van der Waals surface area contributed by atoms with E-state index >= 15 is 0 Å². The SMILES string of the molecule is N#Cc1ccc(N2CCC(Nc3ncccn3)C2)cc1. The molecule has 3 rings (SSSR count). The number of nitrogens with zero attached hydrogens (tertiary/aromatic N) is 4. The minimum absolute atomic E-state index is 0.355. The molecular weight excluding hydrogens is 250 g/mol. The molecule has 1 aromatic carbocycles. The van der Waals surface area contributed by atoms with E-state index in [2.05, 4.69) is 26.3 Å². The highest BCUT2D eigenvalue weighted by Crippen LogP contribution is 2.21. The lowest BCUT2D eigenvalue weighted by Crippen LogP contribution is -2.26. The average Bonchev–Trinajstić information content (AvgIpc) is 2.97. The van der Waals surface area contributed by atoms with Gasteiger partial charge in [0.15, 0.2) is 0 Å². The quantitative estimate of drug-likeness (QED) is 0.920. The Morgan fingerprint density at radius 1 is 1.20 bits per heavy atom. The molecule has 2 aromatic rings. The fourth-order valence-electron chi connectivity index (χ4n) is 2.42. The highest BCUT2D eigenvalue weighted by atomic mass is 15.2. The summed E-state index contributed by atoms with van der Waals surface area (Å²) in [6.45, 7) is 1.92. The van der Waals surface area contributed by atoms with Gasteiger partial charge in [0.2, 0.25) is 5.95 Å². The number of nitriles is 1. The zero-order valence-corrected chi connectivity index (χ0v) is 11.0. The molecule has 20 heavy (non-hydrogen) atoms. The molecule has 1 aromatic heterocycles.